The zero-order valence-corrected chi connectivity index (χ0v) is 14.0. The van der Waals surface area contributed by atoms with Crippen LogP contribution in [-0.4, -0.2) is 49.3 Å². The topological polar surface area (TPSA) is 28.9 Å². The number of quaternary nitrogens is 1. The molecule has 1 aliphatic heterocycles. The number of hydrogen-bond donors (Lipinski definition) is 2. The number of methoxy groups -OCH3 is 1. The van der Waals surface area contributed by atoms with Gasteiger partial charge in [-0.2, -0.15) is 0 Å². The smallest absolute Gasteiger partial charge is 0.169 e. The standard InChI is InChI=1S/C16H25N3OS/c1-13(2)17-16(21)19-10-8-18(9-11-19)12-14-4-6-15(20-3)7-5-14/h4-7,13H,8-12H2,1-3H3,(H,17,21)/p+1. The highest BCUT2D eigenvalue weighted by Gasteiger charge is 2.21. The fraction of sp³-hybridized carbons (Fsp3) is 0.562. The van der Waals surface area contributed by atoms with Crippen LogP contribution in [0, 0.1) is 0 Å². The fourth-order valence-electron chi connectivity index (χ4n) is 2.57. The van der Waals surface area contributed by atoms with Gasteiger partial charge in [-0.15, -0.1) is 0 Å². The third-order valence-electron chi connectivity index (χ3n) is 3.78. The van der Waals surface area contributed by atoms with E-state index in [1.54, 1.807) is 12.0 Å². The number of piperazine rings is 1. The minimum absolute atomic E-state index is 0.405. The van der Waals surface area contributed by atoms with Gasteiger partial charge in [0.15, 0.2) is 5.11 Å². The highest BCUT2D eigenvalue weighted by molar-refractivity contribution is 7.80. The Kier molecular flexibility index (Phi) is 5.82. The van der Waals surface area contributed by atoms with E-state index in [0.717, 1.165) is 43.6 Å². The van der Waals surface area contributed by atoms with Crippen molar-refractivity contribution < 1.29 is 9.64 Å². The fourth-order valence-corrected chi connectivity index (χ4v) is 2.99. The second kappa shape index (κ2) is 7.61. The van der Waals surface area contributed by atoms with Gasteiger partial charge < -0.3 is 19.9 Å². The Hall–Kier alpha value is -1.33. The molecule has 0 spiro atoms. The predicted molar refractivity (Wildman–Crippen MR) is 89.8 cm³/mol. The molecule has 1 saturated heterocycles. The molecule has 0 saturated carbocycles. The molecule has 1 aliphatic rings. The van der Waals surface area contributed by atoms with Crippen LogP contribution in [0.5, 0.6) is 5.75 Å². The number of thiocarbonyl (C=S) groups is 1. The number of nitrogens with zero attached hydrogens (tertiary/aromatic N) is 1. The lowest BCUT2D eigenvalue weighted by molar-refractivity contribution is -0.917. The first-order valence-electron chi connectivity index (χ1n) is 7.60. The highest BCUT2D eigenvalue weighted by atomic mass is 32.1. The van der Waals surface area contributed by atoms with Gasteiger partial charge in [0.05, 0.1) is 33.3 Å². The molecule has 0 aliphatic carbocycles. The average Bonchev–Trinajstić information content (AvgIpc) is 2.48. The molecule has 1 aromatic rings. The van der Waals surface area contributed by atoms with Gasteiger partial charge in [-0.3, -0.25) is 0 Å². The molecule has 21 heavy (non-hydrogen) atoms. The third-order valence-corrected chi connectivity index (χ3v) is 4.16. The van der Waals surface area contributed by atoms with E-state index in [1.165, 1.54) is 5.56 Å². The maximum absolute atomic E-state index is 5.44. The van der Waals surface area contributed by atoms with Gasteiger partial charge in [-0.1, -0.05) is 0 Å². The molecule has 0 bridgehead atoms. The van der Waals surface area contributed by atoms with Crippen molar-refractivity contribution in [3.05, 3.63) is 29.8 Å². The summed E-state index contributed by atoms with van der Waals surface area (Å²) in [7, 11) is 1.70. The molecule has 0 unspecified atom stereocenters. The highest BCUT2D eigenvalue weighted by Crippen LogP contribution is 2.10. The first-order chi connectivity index (χ1) is 10.1. The summed E-state index contributed by atoms with van der Waals surface area (Å²) in [4.78, 5) is 3.90. The molecular weight excluding hydrogens is 282 g/mol. The van der Waals surface area contributed by atoms with Crippen LogP contribution in [0.4, 0.5) is 0 Å². The van der Waals surface area contributed by atoms with Crippen molar-refractivity contribution in [2.75, 3.05) is 33.3 Å². The molecule has 0 aromatic heterocycles. The van der Waals surface area contributed by atoms with Gasteiger partial charge in [-0.05, 0) is 50.3 Å². The first kappa shape index (κ1) is 16.0. The van der Waals surface area contributed by atoms with E-state index < -0.39 is 0 Å². The summed E-state index contributed by atoms with van der Waals surface area (Å²) in [6.07, 6.45) is 0. The Morgan fingerprint density at radius 3 is 2.43 bits per heavy atom. The van der Waals surface area contributed by atoms with E-state index >= 15 is 0 Å². The number of benzene rings is 1. The summed E-state index contributed by atoms with van der Waals surface area (Å²) >= 11 is 5.44. The van der Waals surface area contributed by atoms with Gasteiger partial charge in [0.25, 0.3) is 0 Å². The maximum Gasteiger partial charge on any atom is 0.169 e. The molecule has 0 amide bonds. The molecule has 1 heterocycles. The molecule has 1 fully saturated rings. The summed E-state index contributed by atoms with van der Waals surface area (Å²) in [6.45, 7) is 9.64. The lowest BCUT2D eigenvalue weighted by Gasteiger charge is -2.34. The third kappa shape index (κ3) is 4.86. The van der Waals surface area contributed by atoms with Gasteiger partial charge in [0.1, 0.15) is 12.3 Å². The molecule has 2 N–H and O–H groups in total. The number of ether oxygens (including phenoxy) is 1. The molecule has 0 atom stereocenters. The van der Waals surface area contributed by atoms with Crippen LogP contribution in [0.2, 0.25) is 0 Å². The Bertz CT molecular complexity index is 453. The Morgan fingerprint density at radius 2 is 1.90 bits per heavy atom. The summed E-state index contributed by atoms with van der Waals surface area (Å²) < 4.78 is 5.20. The summed E-state index contributed by atoms with van der Waals surface area (Å²) in [6, 6.07) is 8.79. The van der Waals surface area contributed by atoms with Crippen molar-refractivity contribution in [1.29, 1.82) is 0 Å². The van der Waals surface area contributed by atoms with Crippen LogP contribution in [-0.2, 0) is 6.54 Å². The average molecular weight is 308 g/mol. The lowest BCUT2D eigenvalue weighted by Crippen LogP contribution is -3.13. The zero-order chi connectivity index (χ0) is 15.2. The SMILES string of the molecule is COc1ccc(C[NH+]2CCN(C(=S)NC(C)C)CC2)cc1. The quantitative estimate of drug-likeness (QED) is 0.801. The van der Waals surface area contributed by atoms with Gasteiger partial charge >= 0.3 is 0 Å². The van der Waals surface area contributed by atoms with E-state index in [1.807, 2.05) is 12.1 Å². The Morgan fingerprint density at radius 1 is 1.29 bits per heavy atom. The molecule has 116 valence electrons. The first-order valence-corrected chi connectivity index (χ1v) is 8.01. The van der Waals surface area contributed by atoms with Crippen LogP contribution < -0.4 is 15.0 Å². The number of hydrogen-bond acceptors (Lipinski definition) is 2. The zero-order valence-electron chi connectivity index (χ0n) is 13.2. The van der Waals surface area contributed by atoms with Crippen molar-refractivity contribution in [3.63, 3.8) is 0 Å². The molecular formula is C16H26N3OS+. The molecule has 1 aromatic carbocycles. The van der Waals surface area contributed by atoms with Crippen molar-refractivity contribution >= 4 is 17.3 Å². The molecule has 5 heteroatoms. The normalized spacial score (nSPS) is 16.1. The summed E-state index contributed by atoms with van der Waals surface area (Å²) in [5, 5.41) is 4.22. The van der Waals surface area contributed by atoms with E-state index in [9.17, 15) is 0 Å². The van der Waals surface area contributed by atoms with Gasteiger partial charge in [-0.25, -0.2) is 0 Å². The van der Waals surface area contributed by atoms with E-state index in [-0.39, 0.29) is 0 Å². The molecule has 0 radical (unpaired) electrons. The summed E-state index contributed by atoms with van der Waals surface area (Å²) in [5.41, 5.74) is 1.36. The van der Waals surface area contributed by atoms with Crippen molar-refractivity contribution in [2.45, 2.75) is 26.4 Å². The lowest BCUT2D eigenvalue weighted by atomic mass is 10.2. The van der Waals surface area contributed by atoms with Crippen LogP contribution in [0.25, 0.3) is 0 Å². The van der Waals surface area contributed by atoms with E-state index in [2.05, 4.69) is 36.2 Å². The Balaban J connectivity index is 1.79. The Labute approximate surface area is 133 Å². The van der Waals surface area contributed by atoms with Crippen LogP contribution in [0.3, 0.4) is 0 Å². The largest absolute Gasteiger partial charge is 0.497 e. The van der Waals surface area contributed by atoms with Crippen LogP contribution in [0.15, 0.2) is 24.3 Å². The summed E-state index contributed by atoms with van der Waals surface area (Å²) in [5.74, 6) is 0.920. The monoisotopic (exact) mass is 308 g/mol. The van der Waals surface area contributed by atoms with Gasteiger partial charge in [0.2, 0.25) is 0 Å². The van der Waals surface area contributed by atoms with Crippen molar-refractivity contribution in [2.24, 2.45) is 0 Å². The predicted octanol–water partition coefficient (Wildman–Crippen LogP) is 0.679. The minimum atomic E-state index is 0.405. The molecule has 2 rings (SSSR count). The van der Waals surface area contributed by atoms with Crippen molar-refractivity contribution in [1.82, 2.24) is 10.2 Å². The van der Waals surface area contributed by atoms with Crippen molar-refractivity contribution in [3.8, 4) is 5.75 Å². The van der Waals surface area contributed by atoms with Crippen LogP contribution >= 0.6 is 12.2 Å². The number of nitrogens with one attached hydrogen (secondary N) is 2. The van der Waals surface area contributed by atoms with E-state index in [0.29, 0.717) is 6.04 Å². The minimum Gasteiger partial charge on any atom is -0.497 e. The maximum atomic E-state index is 5.44. The number of rotatable bonds is 4. The van der Waals surface area contributed by atoms with Crippen LogP contribution in [0.1, 0.15) is 19.4 Å². The second-order valence-electron chi connectivity index (χ2n) is 5.87. The van der Waals surface area contributed by atoms with Gasteiger partial charge in [0, 0.05) is 11.6 Å². The molecule has 4 nitrogen and oxygen atoms in total. The second-order valence-corrected chi connectivity index (χ2v) is 6.25. The van der Waals surface area contributed by atoms with E-state index in [4.69, 9.17) is 17.0 Å².